The standard InChI is InChI=1S/C30H31Cl2FN2O4S/c31-18-6-1-5-17(13-18)27-28(25(38)10-2-7-19(37)16-36)35-26(11-3-8-20-9-4-12-40-20)30(27)21-14-23(33)22(32)15-24(21)34-29(30)39/h1,4-6,9,12-15,19,26-28,35-37H,2-3,7-8,10-11,16H2,(H,34,39)/t19-,26+,27-,28-,30-/m0/s1. The van der Waals surface area contributed by atoms with Gasteiger partial charge in [0.1, 0.15) is 17.0 Å². The number of ketones is 1. The molecule has 2 aliphatic rings. The number of rotatable bonds is 11. The van der Waals surface area contributed by atoms with Crippen LogP contribution in [0, 0.1) is 5.82 Å². The lowest BCUT2D eigenvalue weighted by Crippen LogP contribution is -2.48. The van der Waals surface area contributed by atoms with Gasteiger partial charge in [0.2, 0.25) is 5.91 Å². The molecule has 3 heterocycles. The number of aliphatic hydroxyl groups is 2. The van der Waals surface area contributed by atoms with E-state index in [9.17, 15) is 19.8 Å². The summed E-state index contributed by atoms with van der Waals surface area (Å²) in [6, 6.07) is 12.7. The Morgan fingerprint density at radius 3 is 2.70 bits per heavy atom. The van der Waals surface area contributed by atoms with E-state index in [1.807, 2.05) is 17.5 Å². The number of fused-ring (bicyclic) bond motifs is 2. The molecule has 40 heavy (non-hydrogen) atoms. The van der Waals surface area contributed by atoms with Gasteiger partial charge in [-0.2, -0.15) is 0 Å². The smallest absolute Gasteiger partial charge is 0.237 e. The Kier molecular flexibility index (Phi) is 8.95. The lowest BCUT2D eigenvalue weighted by atomic mass is 9.63. The number of Topliss-reactive ketones (excluding diaryl/α,β-unsaturated/α-hetero) is 1. The Balaban J connectivity index is 1.59. The third kappa shape index (κ3) is 5.45. The Labute approximate surface area is 246 Å². The van der Waals surface area contributed by atoms with Crippen molar-refractivity contribution in [3.05, 3.63) is 85.8 Å². The third-order valence-corrected chi connectivity index (χ3v) is 9.57. The van der Waals surface area contributed by atoms with Crippen LogP contribution in [0.25, 0.3) is 0 Å². The van der Waals surface area contributed by atoms with Crippen molar-refractivity contribution in [3.8, 4) is 0 Å². The molecule has 10 heteroatoms. The number of hydrogen-bond donors (Lipinski definition) is 4. The van der Waals surface area contributed by atoms with Crippen LogP contribution in [0.15, 0.2) is 53.9 Å². The number of aliphatic hydroxyl groups excluding tert-OH is 2. The van der Waals surface area contributed by atoms with Crippen LogP contribution in [0.2, 0.25) is 10.0 Å². The number of carbonyl (C=O) groups excluding carboxylic acids is 2. The van der Waals surface area contributed by atoms with Crippen LogP contribution < -0.4 is 10.6 Å². The molecule has 0 aliphatic carbocycles. The van der Waals surface area contributed by atoms with Crippen molar-refractivity contribution in [3.63, 3.8) is 0 Å². The summed E-state index contributed by atoms with van der Waals surface area (Å²) in [6.07, 6.45) is 2.04. The molecule has 1 saturated heterocycles. The van der Waals surface area contributed by atoms with E-state index in [0.29, 0.717) is 34.7 Å². The van der Waals surface area contributed by atoms with E-state index in [-0.39, 0.29) is 36.2 Å². The first-order valence-corrected chi connectivity index (χ1v) is 15.1. The minimum atomic E-state index is -1.29. The molecule has 2 aromatic carbocycles. The maximum Gasteiger partial charge on any atom is 0.237 e. The van der Waals surface area contributed by atoms with Crippen molar-refractivity contribution in [1.29, 1.82) is 0 Å². The predicted octanol–water partition coefficient (Wildman–Crippen LogP) is 5.62. The second-order valence-corrected chi connectivity index (χ2v) is 12.4. The molecule has 3 aromatic rings. The zero-order valence-electron chi connectivity index (χ0n) is 21.7. The van der Waals surface area contributed by atoms with Gasteiger partial charge in [-0.05, 0) is 78.9 Å². The fourth-order valence-corrected chi connectivity index (χ4v) is 7.47. The Morgan fingerprint density at radius 2 is 1.98 bits per heavy atom. The molecule has 212 valence electrons. The monoisotopic (exact) mass is 604 g/mol. The van der Waals surface area contributed by atoms with Crippen LogP contribution >= 0.6 is 34.5 Å². The number of hydrogen-bond acceptors (Lipinski definition) is 6. The van der Waals surface area contributed by atoms with E-state index in [2.05, 4.69) is 16.7 Å². The Hall–Kier alpha value is -2.33. The summed E-state index contributed by atoms with van der Waals surface area (Å²) in [5, 5.41) is 27.8. The Morgan fingerprint density at radius 1 is 1.15 bits per heavy atom. The van der Waals surface area contributed by atoms with E-state index in [4.69, 9.17) is 23.2 Å². The normalized spacial score (nSPS) is 24.3. The zero-order valence-corrected chi connectivity index (χ0v) is 24.0. The fraction of sp³-hybridized carbons (Fsp3) is 0.400. The Bertz CT molecular complexity index is 1390. The number of halogens is 3. The number of anilines is 1. The first-order valence-electron chi connectivity index (χ1n) is 13.4. The molecule has 1 amide bonds. The van der Waals surface area contributed by atoms with Crippen molar-refractivity contribution < 1.29 is 24.2 Å². The second-order valence-electron chi connectivity index (χ2n) is 10.5. The molecule has 0 radical (unpaired) electrons. The minimum absolute atomic E-state index is 0.0920. The average molecular weight is 606 g/mol. The fourth-order valence-electron chi connectivity index (χ4n) is 6.36. The summed E-state index contributed by atoms with van der Waals surface area (Å²) < 4.78 is 15.0. The van der Waals surface area contributed by atoms with Crippen LogP contribution in [-0.4, -0.2) is 46.7 Å². The van der Waals surface area contributed by atoms with Crippen LogP contribution in [0.1, 0.15) is 54.0 Å². The lowest BCUT2D eigenvalue weighted by molar-refractivity contribution is -0.122. The minimum Gasteiger partial charge on any atom is -0.394 e. The third-order valence-electron chi connectivity index (χ3n) is 8.11. The second kappa shape index (κ2) is 12.3. The predicted molar refractivity (Wildman–Crippen MR) is 156 cm³/mol. The summed E-state index contributed by atoms with van der Waals surface area (Å²) in [4.78, 5) is 29.2. The van der Waals surface area contributed by atoms with Gasteiger partial charge < -0.3 is 20.8 Å². The molecule has 0 saturated carbocycles. The average Bonchev–Trinajstić information content (AvgIpc) is 3.63. The first-order chi connectivity index (χ1) is 19.2. The van der Waals surface area contributed by atoms with Crippen LogP contribution in [0.3, 0.4) is 0 Å². The molecule has 1 fully saturated rings. The molecular formula is C30H31Cl2FN2O4S. The van der Waals surface area contributed by atoms with E-state index < -0.39 is 35.3 Å². The molecule has 5 rings (SSSR count). The first kappa shape index (κ1) is 29.2. The van der Waals surface area contributed by atoms with E-state index in [1.54, 1.807) is 29.5 Å². The van der Waals surface area contributed by atoms with Gasteiger partial charge >= 0.3 is 0 Å². The summed E-state index contributed by atoms with van der Waals surface area (Å²) in [7, 11) is 0. The molecular weight excluding hydrogens is 574 g/mol. The SMILES string of the molecule is O=C(CCC[C@H](O)CO)[C@@H]1N[C@H](CCCc2cccs2)[C@]2(C(=O)Nc3cc(Cl)c(F)cc32)[C@H]1c1cccc(Cl)c1. The van der Waals surface area contributed by atoms with Crippen molar-refractivity contribution in [2.24, 2.45) is 0 Å². The lowest BCUT2D eigenvalue weighted by Gasteiger charge is -2.35. The van der Waals surface area contributed by atoms with Gasteiger partial charge in [0.25, 0.3) is 0 Å². The van der Waals surface area contributed by atoms with E-state index >= 15 is 4.39 Å². The molecule has 0 bridgehead atoms. The van der Waals surface area contributed by atoms with Crippen molar-refractivity contribution in [2.45, 2.75) is 68.0 Å². The number of thiophene rings is 1. The van der Waals surface area contributed by atoms with E-state index in [0.717, 1.165) is 12.8 Å². The summed E-state index contributed by atoms with van der Waals surface area (Å²) in [5.74, 6) is -1.74. The number of amides is 1. The highest BCUT2D eigenvalue weighted by Gasteiger charge is 2.65. The van der Waals surface area contributed by atoms with Crippen LogP contribution in [0.4, 0.5) is 10.1 Å². The molecule has 5 atom stereocenters. The highest BCUT2D eigenvalue weighted by atomic mass is 35.5. The molecule has 6 nitrogen and oxygen atoms in total. The largest absolute Gasteiger partial charge is 0.394 e. The van der Waals surface area contributed by atoms with Gasteiger partial charge in [-0.3, -0.25) is 9.59 Å². The molecule has 1 spiro atoms. The van der Waals surface area contributed by atoms with Gasteiger partial charge in [-0.15, -0.1) is 11.3 Å². The molecule has 0 unspecified atom stereocenters. The zero-order chi connectivity index (χ0) is 28.4. The van der Waals surface area contributed by atoms with E-state index in [1.165, 1.54) is 17.0 Å². The van der Waals surface area contributed by atoms with Gasteiger partial charge in [0.15, 0.2) is 0 Å². The number of benzene rings is 2. The molecule has 1 aromatic heterocycles. The van der Waals surface area contributed by atoms with Crippen LogP contribution in [0.5, 0.6) is 0 Å². The van der Waals surface area contributed by atoms with Crippen molar-refractivity contribution in [1.82, 2.24) is 5.32 Å². The number of nitrogens with one attached hydrogen (secondary N) is 2. The van der Waals surface area contributed by atoms with Crippen molar-refractivity contribution in [2.75, 3.05) is 11.9 Å². The van der Waals surface area contributed by atoms with Crippen molar-refractivity contribution >= 4 is 51.9 Å². The quantitative estimate of drug-likeness (QED) is 0.227. The maximum atomic E-state index is 15.0. The van der Waals surface area contributed by atoms with Gasteiger partial charge in [0.05, 0.1) is 23.8 Å². The van der Waals surface area contributed by atoms with Gasteiger partial charge in [0, 0.05) is 34.0 Å². The number of aryl methyl sites for hydroxylation is 1. The summed E-state index contributed by atoms with van der Waals surface area (Å²) >= 11 is 14.2. The summed E-state index contributed by atoms with van der Waals surface area (Å²) in [6.45, 7) is -0.373. The molecule has 2 aliphatic heterocycles. The molecule has 4 N–H and O–H groups in total. The maximum absolute atomic E-state index is 15.0. The topological polar surface area (TPSA) is 98.7 Å². The van der Waals surface area contributed by atoms with Crippen LogP contribution in [-0.2, 0) is 21.4 Å². The van der Waals surface area contributed by atoms with Gasteiger partial charge in [-0.1, -0.05) is 41.4 Å². The number of carbonyl (C=O) groups is 2. The van der Waals surface area contributed by atoms with Gasteiger partial charge in [-0.25, -0.2) is 4.39 Å². The summed E-state index contributed by atoms with van der Waals surface area (Å²) in [5.41, 5.74) is 0.329. The highest BCUT2D eigenvalue weighted by Crippen LogP contribution is 2.56. The highest BCUT2D eigenvalue weighted by molar-refractivity contribution is 7.09.